The maximum absolute atomic E-state index is 12.9. The number of rotatable bonds is 9. The summed E-state index contributed by atoms with van der Waals surface area (Å²) in [6.45, 7) is 2.79. The number of sulfonamides is 1. The third kappa shape index (κ3) is 6.79. The van der Waals surface area contributed by atoms with E-state index in [4.69, 9.17) is 4.74 Å². The highest BCUT2D eigenvalue weighted by Gasteiger charge is 2.24. The van der Waals surface area contributed by atoms with Gasteiger partial charge in [0, 0.05) is 13.1 Å². The minimum absolute atomic E-state index is 0.0299. The van der Waals surface area contributed by atoms with E-state index in [2.05, 4.69) is 5.32 Å². The Labute approximate surface area is 147 Å². The van der Waals surface area contributed by atoms with Crippen LogP contribution >= 0.6 is 0 Å². The fraction of sp³-hybridized carbons (Fsp3) is 0.500. The van der Waals surface area contributed by atoms with E-state index in [9.17, 15) is 22.4 Å². The molecular weight excluding hydrogens is 351 g/mol. The molecule has 0 aliphatic rings. The van der Waals surface area contributed by atoms with Gasteiger partial charge in [0.25, 0.3) is 5.91 Å². The van der Waals surface area contributed by atoms with Gasteiger partial charge >= 0.3 is 5.97 Å². The Hall–Kier alpha value is -2.00. The topological polar surface area (TPSA) is 92.8 Å². The second-order valence-electron chi connectivity index (χ2n) is 5.63. The lowest BCUT2D eigenvalue weighted by atomic mass is 10.2. The van der Waals surface area contributed by atoms with Crippen molar-refractivity contribution in [1.82, 2.24) is 9.62 Å². The number of benzene rings is 1. The molecule has 0 unspecified atom stereocenters. The minimum atomic E-state index is -3.95. The number of esters is 1. The van der Waals surface area contributed by atoms with Crippen LogP contribution < -0.4 is 5.32 Å². The lowest BCUT2D eigenvalue weighted by Gasteiger charge is -2.17. The molecule has 1 N–H and O–H groups in total. The summed E-state index contributed by atoms with van der Waals surface area (Å²) in [7, 11) is -2.75. The summed E-state index contributed by atoms with van der Waals surface area (Å²) in [5.74, 6) is -1.87. The highest BCUT2D eigenvalue weighted by atomic mass is 32.2. The molecule has 0 aromatic heterocycles. The van der Waals surface area contributed by atoms with Gasteiger partial charge in [0.15, 0.2) is 6.61 Å². The number of hydrogen-bond acceptors (Lipinski definition) is 5. The Morgan fingerprint density at radius 3 is 2.44 bits per heavy atom. The molecule has 0 saturated heterocycles. The van der Waals surface area contributed by atoms with Crippen LogP contribution in [0.2, 0.25) is 0 Å². The van der Waals surface area contributed by atoms with Gasteiger partial charge in [-0.25, -0.2) is 12.8 Å². The van der Waals surface area contributed by atoms with Crippen molar-refractivity contribution >= 4 is 21.9 Å². The van der Waals surface area contributed by atoms with Crippen LogP contribution in [-0.4, -0.2) is 50.8 Å². The van der Waals surface area contributed by atoms with Crippen LogP contribution in [0.4, 0.5) is 4.39 Å². The average Bonchev–Trinajstić information content (AvgIpc) is 2.53. The van der Waals surface area contributed by atoms with Crippen molar-refractivity contribution in [3.05, 3.63) is 30.1 Å². The number of nitrogens with one attached hydrogen (secondary N) is 1. The average molecular weight is 374 g/mol. The molecule has 25 heavy (non-hydrogen) atoms. The maximum Gasteiger partial charge on any atom is 0.321 e. The number of carbonyl (C=O) groups excluding carboxylic acids is 2. The van der Waals surface area contributed by atoms with Crippen molar-refractivity contribution in [3.8, 4) is 0 Å². The van der Waals surface area contributed by atoms with Gasteiger partial charge < -0.3 is 10.1 Å². The van der Waals surface area contributed by atoms with E-state index in [0.717, 1.165) is 41.4 Å². The van der Waals surface area contributed by atoms with Gasteiger partial charge in [-0.3, -0.25) is 9.59 Å². The second kappa shape index (κ2) is 9.47. The molecule has 0 fully saturated rings. The van der Waals surface area contributed by atoms with Gasteiger partial charge in [-0.2, -0.15) is 4.31 Å². The van der Waals surface area contributed by atoms with Crippen molar-refractivity contribution < 1.29 is 27.1 Å². The first-order valence-corrected chi connectivity index (χ1v) is 9.27. The van der Waals surface area contributed by atoms with Crippen LogP contribution in [0.15, 0.2) is 29.2 Å². The van der Waals surface area contributed by atoms with Crippen molar-refractivity contribution in [1.29, 1.82) is 0 Å². The standard InChI is InChI=1S/C16H23FN2O5S/c1-4-5-12(2)18-15(20)11-24-16(21)10-19(3)25(22,23)14-8-6-13(17)7-9-14/h6-9,12H,4-5,10-11H2,1-3H3,(H,18,20)/t12-/m0/s1. The number of likely N-dealkylation sites (N-methyl/N-ethyl adjacent to an activating group) is 1. The van der Waals surface area contributed by atoms with Gasteiger partial charge in [0.2, 0.25) is 10.0 Å². The van der Waals surface area contributed by atoms with Crippen LogP contribution in [0.1, 0.15) is 26.7 Å². The van der Waals surface area contributed by atoms with E-state index in [1.165, 1.54) is 7.05 Å². The third-order valence-electron chi connectivity index (χ3n) is 3.37. The summed E-state index contributed by atoms with van der Waals surface area (Å²) in [6.07, 6.45) is 1.71. The molecule has 1 aromatic rings. The maximum atomic E-state index is 12.9. The van der Waals surface area contributed by atoms with E-state index in [1.54, 1.807) is 0 Å². The smallest absolute Gasteiger partial charge is 0.321 e. The molecule has 9 heteroatoms. The number of halogens is 1. The number of carbonyl (C=O) groups is 2. The molecule has 1 rings (SSSR count). The first-order chi connectivity index (χ1) is 11.7. The number of ether oxygens (including phenoxy) is 1. The molecule has 0 aliphatic heterocycles. The highest BCUT2D eigenvalue weighted by Crippen LogP contribution is 2.14. The van der Waals surface area contributed by atoms with Gasteiger partial charge in [-0.05, 0) is 37.6 Å². The molecule has 0 bridgehead atoms. The van der Waals surface area contributed by atoms with Crippen LogP contribution in [0.3, 0.4) is 0 Å². The summed E-state index contributed by atoms with van der Waals surface area (Å²) in [5, 5.41) is 2.67. The summed E-state index contributed by atoms with van der Waals surface area (Å²) in [6, 6.07) is 4.21. The quantitative estimate of drug-likeness (QED) is 0.658. The molecule has 140 valence electrons. The summed E-state index contributed by atoms with van der Waals surface area (Å²) >= 11 is 0. The van der Waals surface area contributed by atoms with Crippen molar-refractivity contribution in [2.75, 3.05) is 20.2 Å². The molecule has 0 saturated carbocycles. The van der Waals surface area contributed by atoms with Crippen LogP contribution in [0.25, 0.3) is 0 Å². The Morgan fingerprint density at radius 1 is 1.28 bits per heavy atom. The first kappa shape index (κ1) is 21.0. The number of amides is 1. The normalized spacial score (nSPS) is 12.7. The predicted octanol–water partition coefficient (Wildman–Crippen LogP) is 1.29. The van der Waals surface area contributed by atoms with Crippen molar-refractivity contribution in [2.45, 2.75) is 37.6 Å². The minimum Gasteiger partial charge on any atom is -0.455 e. The lowest BCUT2D eigenvalue weighted by molar-refractivity contribution is -0.148. The number of nitrogens with zero attached hydrogens (tertiary/aromatic N) is 1. The Bertz CT molecular complexity index is 691. The fourth-order valence-corrected chi connectivity index (χ4v) is 3.18. The molecular formula is C16H23FN2O5S. The summed E-state index contributed by atoms with van der Waals surface area (Å²) in [5.41, 5.74) is 0. The Balaban J connectivity index is 2.53. The van der Waals surface area contributed by atoms with Gasteiger partial charge in [0.1, 0.15) is 12.4 Å². The highest BCUT2D eigenvalue weighted by molar-refractivity contribution is 7.89. The van der Waals surface area contributed by atoms with E-state index < -0.39 is 40.9 Å². The second-order valence-corrected chi connectivity index (χ2v) is 7.68. The lowest BCUT2D eigenvalue weighted by Crippen LogP contribution is -2.38. The van der Waals surface area contributed by atoms with Crippen molar-refractivity contribution in [2.24, 2.45) is 0 Å². The van der Waals surface area contributed by atoms with Crippen LogP contribution in [0.5, 0.6) is 0 Å². The third-order valence-corrected chi connectivity index (χ3v) is 5.18. The van der Waals surface area contributed by atoms with E-state index in [-0.39, 0.29) is 10.9 Å². The summed E-state index contributed by atoms with van der Waals surface area (Å²) in [4.78, 5) is 23.2. The molecule has 1 amide bonds. The van der Waals surface area contributed by atoms with Gasteiger partial charge in [-0.1, -0.05) is 13.3 Å². The Kier molecular flexibility index (Phi) is 7.98. The summed E-state index contributed by atoms with van der Waals surface area (Å²) < 4.78 is 42.9. The van der Waals surface area contributed by atoms with Crippen molar-refractivity contribution in [3.63, 3.8) is 0 Å². The van der Waals surface area contributed by atoms with E-state index in [1.807, 2.05) is 13.8 Å². The molecule has 0 heterocycles. The Morgan fingerprint density at radius 2 is 1.88 bits per heavy atom. The first-order valence-electron chi connectivity index (χ1n) is 7.83. The van der Waals surface area contributed by atoms with Gasteiger partial charge in [-0.15, -0.1) is 0 Å². The molecule has 1 atom stereocenters. The molecule has 1 aromatic carbocycles. The number of hydrogen-bond donors (Lipinski definition) is 1. The monoisotopic (exact) mass is 374 g/mol. The molecule has 0 aliphatic carbocycles. The fourth-order valence-electron chi connectivity index (χ4n) is 2.07. The van der Waals surface area contributed by atoms with E-state index in [0.29, 0.717) is 0 Å². The largest absolute Gasteiger partial charge is 0.455 e. The zero-order valence-corrected chi connectivity index (χ0v) is 15.3. The SMILES string of the molecule is CCC[C@H](C)NC(=O)COC(=O)CN(C)S(=O)(=O)c1ccc(F)cc1. The zero-order valence-electron chi connectivity index (χ0n) is 14.5. The molecule has 0 radical (unpaired) electrons. The molecule has 0 spiro atoms. The molecule has 7 nitrogen and oxygen atoms in total. The van der Waals surface area contributed by atoms with Gasteiger partial charge in [0.05, 0.1) is 4.90 Å². The zero-order chi connectivity index (χ0) is 19.0. The predicted molar refractivity (Wildman–Crippen MR) is 89.7 cm³/mol. The van der Waals surface area contributed by atoms with Crippen LogP contribution in [-0.2, 0) is 24.3 Å². The van der Waals surface area contributed by atoms with Crippen LogP contribution in [0, 0.1) is 5.82 Å². The van der Waals surface area contributed by atoms with E-state index >= 15 is 0 Å².